The standard InChI is InChI=1S/C29H44O5/c1-17-14-19-18-6-7-22-25(2)10-9-23(32)26(3,16-30)21(25)8-11-28(22,5)27(18,4)12-13-29(19,24(33)34)15-20(17)31/h6,19-23,30-32H,1,7-16H2,2-5H3,(H,33,34)/t19-,20-,21+,22+,23-,25-,26-,27+,28+,29+/m0/s1. The molecule has 0 radical (unpaired) electrons. The summed E-state index contributed by atoms with van der Waals surface area (Å²) >= 11 is 0. The number of carboxylic acid groups (broad SMARTS) is 1. The number of rotatable bonds is 2. The van der Waals surface area contributed by atoms with Crippen molar-refractivity contribution in [1.29, 1.82) is 0 Å². The average molecular weight is 473 g/mol. The van der Waals surface area contributed by atoms with Crippen molar-refractivity contribution in [3.63, 3.8) is 0 Å². The Morgan fingerprint density at radius 1 is 1.06 bits per heavy atom. The van der Waals surface area contributed by atoms with Gasteiger partial charge in [-0.1, -0.05) is 45.9 Å². The third-order valence-electron chi connectivity index (χ3n) is 12.7. The number of aliphatic hydroxyl groups is 3. The molecule has 4 fully saturated rings. The van der Waals surface area contributed by atoms with E-state index in [-0.39, 0.29) is 41.1 Å². The van der Waals surface area contributed by atoms with Crippen LogP contribution in [-0.4, -0.2) is 45.2 Å². The molecule has 10 atom stereocenters. The molecule has 0 aromatic carbocycles. The molecule has 0 spiro atoms. The summed E-state index contributed by atoms with van der Waals surface area (Å²) in [7, 11) is 0. The van der Waals surface area contributed by atoms with Gasteiger partial charge in [0, 0.05) is 11.3 Å². The summed E-state index contributed by atoms with van der Waals surface area (Å²) in [6.07, 6.45) is 8.09. The van der Waals surface area contributed by atoms with Crippen LogP contribution in [0.5, 0.6) is 0 Å². The first kappa shape index (κ1) is 24.5. The molecule has 5 aliphatic rings. The van der Waals surface area contributed by atoms with E-state index < -0.39 is 29.0 Å². The van der Waals surface area contributed by atoms with Gasteiger partial charge >= 0.3 is 5.97 Å². The molecule has 0 unspecified atom stereocenters. The predicted molar refractivity (Wildman–Crippen MR) is 131 cm³/mol. The molecule has 0 aliphatic heterocycles. The minimum Gasteiger partial charge on any atom is -0.481 e. The first-order valence-corrected chi connectivity index (χ1v) is 13.4. The van der Waals surface area contributed by atoms with Gasteiger partial charge in [-0.2, -0.15) is 0 Å². The first-order chi connectivity index (χ1) is 15.8. The summed E-state index contributed by atoms with van der Waals surface area (Å²) in [5.74, 6) is -0.161. The van der Waals surface area contributed by atoms with Crippen LogP contribution >= 0.6 is 0 Å². The molecule has 0 bridgehead atoms. The van der Waals surface area contributed by atoms with Crippen LogP contribution in [0.2, 0.25) is 0 Å². The van der Waals surface area contributed by atoms with Crippen molar-refractivity contribution in [2.24, 2.45) is 44.8 Å². The molecule has 0 saturated heterocycles. The minimum absolute atomic E-state index is 0.0177. The fourth-order valence-electron chi connectivity index (χ4n) is 10.2. The second-order valence-electron chi connectivity index (χ2n) is 13.6. The second kappa shape index (κ2) is 7.43. The Hall–Kier alpha value is -1.17. The van der Waals surface area contributed by atoms with Gasteiger partial charge in [-0.15, -0.1) is 0 Å². The maximum absolute atomic E-state index is 12.7. The zero-order chi connectivity index (χ0) is 24.9. The quantitative estimate of drug-likeness (QED) is 0.437. The Morgan fingerprint density at radius 2 is 1.76 bits per heavy atom. The number of hydrogen-bond acceptors (Lipinski definition) is 4. The normalized spacial score (nSPS) is 54.7. The van der Waals surface area contributed by atoms with E-state index in [0.29, 0.717) is 18.8 Å². The monoisotopic (exact) mass is 472 g/mol. The molecule has 4 N–H and O–H groups in total. The van der Waals surface area contributed by atoms with Crippen LogP contribution < -0.4 is 0 Å². The van der Waals surface area contributed by atoms with E-state index in [0.717, 1.165) is 44.1 Å². The third-order valence-corrected chi connectivity index (χ3v) is 12.7. The molecule has 190 valence electrons. The Morgan fingerprint density at radius 3 is 2.41 bits per heavy atom. The van der Waals surface area contributed by atoms with Crippen molar-refractivity contribution in [2.75, 3.05) is 6.61 Å². The van der Waals surface area contributed by atoms with Gasteiger partial charge in [0.05, 0.1) is 24.2 Å². The molecule has 5 heteroatoms. The van der Waals surface area contributed by atoms with Gasteiger partial charge in [-0.3, -0.25) is 4.79 Å². The van der Waals surface area contributed by atoms with Gasteiger partial charge in [-0.25, -0.2) is 0 Å². The number of fused-ring (bicyclic) bond motifs is 7. The highest BCUT2D eigenvalue weighted by Crippen LogP contribution is 2.75. The van der Waals surface area contributed by atoms with Crippen LogP contribution in [0, 0.1) is 44.8 Å². The number of carboxylic acids is 1. The first-order valence-electron chi connectivity index (χ1n) is 13.4. The Balaban J connectivity index is 1.59. The third kappa shape index (κ3) is 2.75. The lowest BCUT2D eigenvalue weighted by atomic mass is 9.33. The largest absolute Gasteiger partial charge is 0.481 e. The van der Waals surface area contributed by atoms with Gasteiger partial charge in [0.2, 0.25) is 0 Å². The molecule has 5 aliphatic carbocycles. The predicted octanol–water partition coefficient (Wildman–Crippen LogP) is 4.71. The van der Waals surface area contributed by atoms with Gasteiger partial charge in [0.25, 0.3) is 0 Å². The highest BCUT2D eigenvalue weighted by molar-refractivity contribution is 5.77. The smallest absolute Gasteiger partial charge is 0.310 e. The van der Waals surface area contributed by atoms with Crippen LogP contribution in [-0.2, 0) is 4.79 Å². The molecule has 4 saturated carbocycles. The van der Waals surface area contributed by atoms with E-state index in [4.69, 9.17) is 0 Å². The molecule has 5 nitrogen and oxygen atoms in total. The molecule has 34 heavy (non-hydrogen) atoms. The number of allylic oxidation sites excluding steroid dienone is 2. The van der Waals surface area contributed by atoms with Crippen LogP contribution in [0.4, 0.5) is 0 Å². The van der Waals surface area contributed by atoms with Gasteiger partial charge in [0.15, 0.2) is 0 Å². The summed E-state index contributed by atoms with van der Waals surface area (Å²) in [4.78, 5) is 12.7. The minimum atomic E-state index is -0.902. The molecule has 0 aromatic heterocycles. The van der Waals surface area contributed by atoms with Gasteiger partial charge in [0.1, 0.15) is 0 Å². The highest BCUT2D eigenvalue weighted by Gasteiger charge is 2.69. The molecular weight excluding hydrogens is 428 g/mol. The van der Waals surface area contributed by atoms with Crippen molar-refractivity contribution < 1.29 is 25.2 Å². The van der Waals surface area contributed by atoms with Crippen LogP contribution in [0.3, 0.4) is 0 Å². The van der Waals surface area contributed by atoms with Crippen LogP contribution in [0.25, 0.3) is 0 Å². The van der Waals surface area contributed by atoms with Crippen molar-refractivity contribution in [1.82, 2.24) is 0 Å². The second-order valence-corrected chi connectivity index (χ2v) is 13.6. The van der Waals surface area contributed by atoms with Gasteiger partial charge in [-0.05, 0) is 91.4 Å². The number of aliphatic hydroxyl groups excluding tert-OH is 3. The topological polar surface area (TPSA) is 98.0 Å². The average Bonchev–Trinajstić information content (AvgIpc) is 2.78. The summed E-state index contributed by atoms with van der Waals surface area (Å²) in [6.45, 7) is 13.5. The Kier molecular flexibility index (Phi) is 5.36. The zero-order valence-electron chi connectivity index (χ0n) is 21.4. The Bertz CT molecular complexity index is 941. The zero-order valence-corrected chi connectivity index (χ0v) is 21.4. The number of carbonyl (C=O) groups is 1. The van der Waals surface area contributed by atoms with Crippen molar-refractivity contribution in [2.45, 2.75) is 97.7 Å². The van der Waals surface area contributed by atoms with E-state index in [9.17, 15) is 25.2 Å². The maximum atomic E-state index is 12.7. The molecule has 0 aromatic rings. The summed E-state index contributed by atoms with van der Waals surface area (Å²) in [5, 5.41) is 42.2. The highest BCUT2D eigenvalue weighted by atomic mass is 16.4. The van der Waals surface area contributed by atoms with Crippen molar-refractivity contribution in [3.8, 4) is 0 Å². The lowest BCUT2D eigenvalue weighted by Crippen LogP contribution is -2.66. The lowest BCUT2D eigenvalue weighted by molar-refractivity contribution is -0.215. The maximum Gasteiger partial charge on any atom is 0.310 e. The van der Waals surface area contributed by atoms with Gasteiger partial charge < -0.3 is 20.4 Å². The van der Waals surface area contributed by atoms with Crippen molar-refractivity contribution in [3.05, 3.63) is 23.8 Å². The van der Waals surface area contributed by atoms with Crippen molar-refractivity contribution >= 4 is 5.97 Å². The molecule has 0 heterocycles. The number of aliphatic carboxylic acids is 1. The lowest BCUT2D eigenvalue weighted by Gasteiger charge is -2.71. The SMILES string of the molecule is C=C1C[C@H]2C3=CC[C@@H]4[C@@]5(C)CC[C@H](O)[C@@](C)(CO)[C@@H]5CC[C@@]4(C)[C@]3(C)CC[C@@]2(C(=O)O)C[C@@H]1O. The summed E-state index contributed by atoms with van der Waals surface area (Å²) < 4.78 is 0. The molecule has 5 rings (SSSR count). The fourth-order valence-corrected chi connectivity index (χ4v) is 10.2. The molecule has 0 amide bonds. The molecular formula is C29H44O5. The van der Waals surface area contributed by atoms with E-state index in [1.165, 1.54) is 5.57 Å². The summed E-state index contributed by atoms with van der Waals surface area (Å²) in [6, 6.07) is 0. The van der Waals surface area contributed by atoms with E-state index in [1.54, 1.807) is 0 Å². The van der Waals surface area contributed by atoms with E-state index in [2.05, 4.69) is 40.3 Å². The number of hydrogen-bond donors (Lipinski definition) is 4. The van der Waals surface area contributed by atoms with E-state index in [1.807, 2.05) is 0 Å². The van der Waals surface area contributed by atoms with Crippen LogP contribution in [0.15, 0.2) is 23.8 Å². The van der Waals surface area contributed by atoms with E-state index >= 15 is 0 Å². The fraction of sp³-hybridized carbons (Fsp3) is 0.828. The van der Waals surface area contributed by atoms with Crippen LogP contribution in [0.1, 0.15) is 85.5 Å². The summed E-state index contributed by atoms with van der Waals surface area (Å²) in [5.41, 5.74) is 0.667. The Labute approximate surface area is 204 Å².